The molecule has 0 aliphatic heterocycles. The number of aromatic nitrogens is 1. The van der Waals surface area contributed by atoms with E-state index in [1.54, 1.807) is 42.5 Å². The van der Waals surface area contributed by atoms with Gasteiger partial charge in [0, 0.05) is 39.2 Å². The van der Waals surface area contributed by atoms with Crippen LogP contribution in [0, 0.1) is 0 Å². The van der Waals surface area contributed by atoms with Gasteiger partial charge in [-0.05, 0) is 48.0 Å². The zero-order chi connectivity index (χ0) is 18.2. The molecule has 0 bridgehead atoms. The maximum absolute atomic E-state index is 12.1. The predicted molar refractivity (Wildman–Crippen MR) is 107 cm³/mol. The number of hydrogen-bond acceptors (Lipinski definition) is 4. The van der Waals surface area contributed by atoms with Gasteiger partial charge in [0.05, 0.1) is 6.21 Å². The van der Waals surface area contributed by atoms with Gasteiger partial charge >= 0.3 is 0 Å². The fourth-order valence-corrected chi connectivity index (χ4v) is 3.11. The highest BCUT2D eigenvalue weighted by Crippen LogP contribution is 2.24. The van der Waals surface area contributed by atoms with E-state index < -0.39 is 0 Å². The third-order valence-electron chi connectivity index (χ3n) is 3.50. The molecule has 4 nitrogen and oxygen atoms in total. The lowest BCUT2D eigenvalue weighted by atomic mass is 10.1. The number of halogens is 1. The highest BCUT2D eigenvalue weighted by Gasteiger charge is 2.04. The van der Waals surface area contributed by atoms with Crippen LogP contribution in [0.5, 0.6) is 0 Å². The first kappa shape index (κ1) is 18.2. The predicted octanol–water partition coefficient (Wildman–Crippen LogP) is 4.79. The molecule has 1 heterocycles. The van der Waals surface area contributed by atoms with Crippen molar-refractivity contribution < 1.29 is 4.79 Å². The molecule has 0 saturated heterocycles. The Labute approximate surface area is 161 Å². The maximum Gasteiger partial charge on any atom is 0.271 e. The van der Waals surface area contributed by atoms with Gasteiger partial charge in [-0.25, -0.2) is 5.43 Å². The van der Waals surface area contributed by atoms with Crippen LogP contribution in [-0.2, 0) is 5.75 Å². The van der Waals surface area contributed by atoms with Crippen LogP contribution in [0.1, 0.15) is 21.5 Å². The van der Waals surface area contributed by atoms with Crippen molar-refractivity contribution in [2.24, 2.45) is 5.10 Å². The van der Waals surface area contributed by atoms with Gasteiger partial charge in [0.1, 0.15) is 0 Å². The van der Waals surface area contributed by atoms with Crippen molar-refractivity contribution >= 4 is 35.5 Å². The van der Waals surface area contributed by atoms with E-state index in [2.05, 4.69) is 15.5 Å². The molecule has 0 spiro atoms. The third kappa shape index (κ3) is 5.44. The number of rotatable bonds is 6. The standard InChI is InChI=1S/C20H16ClN3OS/c21-18-7-9-19(10-8-18)26-14-15-3-5-17(6-4-15)20(25)24-23-13-16-2-1-11-22-12-16/h1-13H,14H2,(H,24,25). The van der Waals surface area contributed by atoms with Gasteiger partial charge in [0.2, 0.25) is 0 Å². The summed E-state index contributed by atoms with van der Waals surface area (Å²) in [5.74, 6) is 0.574. The zero-order valence-corrected chi connectivity index (χ0v) is 15.4. The largest absolute Gasteiger partial charge is 0.271 e. The second kappa shape index (κ2) is 9.17. The quantitative estimate of drug-likeness (QED) is 0.379. The van der Waals surface area contributed by atoms with Crippen LogP contribution in [0.15, 0.2) is 83.1 Å². The average Bonchev–Trinajstić information content (AvgIpc) is 2.69. The van der Waals surface area contributed by atoms with E-state index in [0.29, 0.717) is 5.56 Å². The van der Waals surface area contributed by atoms with Crippen molar-refractivity contribution in [3.05, 3.63) is 94.8 Å². The summed E-state index contributed by atoms with van der Waals surface area (Å²) in [6, 6.07) is 18.9. The molecular weight excluding hydrogens is 366 g/mol. The summed E-state index contributed by atoms with van der Waals surface area (Å²) in [7, 11) is 0. The normalized spacial score (nSPS) is 10.8. The van der Waals surface area contributed by atoms with Gasteiger partial charge in [-0.1, -0.05) is 29.8 Å². The third-order valence-corrected chi connectivity index (χ3v) is 4.83. The lowest BCUT2D eigenvalue weighted by Crippen LogP contribution is -2.17. The van der Waals surface area contributed by atoms with Crippen LogP contribution in [-0.4, -0.2) is 17.1 Å². The molecule has 0 saturated carbocycles. The van der Waals surface area contributed by atoms with E-state index in [1.165, 1.54) is 0 Å². The number of amides is 1. The first-order chi connectivity index (χ1) is 12.7. The SMILES string of the molecule is O=C(NN=Cc1cccnc1)c1ccc(CSc2ccc(Cl)cc2)cc1. The summed E-state index contributed by atoms with van der Waals surface area (Å²) in [5, 5.41) is 4.68. The molecule has 3 aromatic rings. The molecule has 1 aromatic heterocycles. The summed E-state index contributed by atoms with van der Waals surface area (Å²) in [5.41, 5.74) is 5.04. The molecule has 0 fully saturated rings. The van der Waals surface area contributed by atoms with Gasteiger partial charge in [-0.15, -0.1) is 11.8 Å². The first-order valence-corrected chi connectivity index (χ1v) is 9.28. The lowest BCUT2D eigenvalue weighted by molar-refractivity contribution is 0.0955. The summed E-state index contributed by atoms with van der Waals surface area (Å²) in [6.45, 7) is 0. The molecule has 26 heavy (non-hydrogen) atoms. The van der Waals surface area contributed by atoms with Crippen molar-refractivity contribution in [3.63, 3.8) is 0 Å². The van der Waals surface area contributed by atoms with Gasteiger partial charge in [-0.2, -0.15) is 5.10 Å². The van der Waals surface area contributed by atoms with Gasteiger partial charge < -0.3 is 0 Å². The minimum absolute atomic E-state index is 0.248. The molecule has 0 aliphatic carbocycles. The first-order valence-electron chi connectivity index (χ1n) is 7.91. The fraction of sp³-hybridized carbons (Fsp3) is 0.0500. The van der Waals surface area contributed by atoms with Crippen LogP contribution in [0.3, 0.4) is 0 Å². The second-order valence-electron chi connectivity index (χ2n) is 5.43. The molecule has 0 unspecified atom stereocenters. The van der Waals surface area contributed by atoms with E-state index in [1.807, 2.05) is 48.5 Å². The van der Waals surface area contributed by atoms with Crippen LogP contribution in [0.2, 0.25) is 5.02 Å². The lowest BCUT2D eigenvalue weighted by Gasteiger charge is -2.04. The Morgan fingerprint density at radius 2 is 1.88 bits per heavy atom. The second-order valence-corrected chi connectivity index (χ2v) is 6.91. The van der Waals surface area contributed by atoms with Crippen molar-refractivity contribution in [1.82, 2.24) is 10.4 Å². The Morgan fingerprint density at radius 3 is 2.58 bits per heavy atom. The Hall–Kier alpha value is -2.63. The molecule has 6 heteroatoms. The Morgan fingerprint density at radius 1 is 1.12 bits per heavy atom. The van der Waals surface area contributed by atoms with Gasteiger partial charge in [-0.3, -0.25) is 9.78 Å². The molecule has 2 aromatic carbocycles. The number of carbonyl (C=O) groups excluding carboxylic acids is 1. The van der Waals surface area contributed by atoms with E-state index in [-0.39, 0.29) is 5.91 Å². The molecule has 3 rings (SSSR count). The molecule has 130 valence electrons. The Balaban J connectivity index is 1.52. The zero-order valence-electron chi connectivity index (χ0n) is 13.8. The van der Waals surface area contributed by atoms with Crippen LogP contribution in [0.25, 0.3) is 0 Å². The maximum atomic E-state index is 12.1. The minimum Gasteiger partial charge on any atom is -0.267 e. The number of nitrogens with zero attached hydrogens (tertiary/aromatic N) is 2. The Kier molecular flexibility index (Phi) is 6.41. The molecule has 1 amide bonds. The van der Waals surface area contributed by atoms with Crippen LogP contribution < -0.4 is 5.43 Å². The van der Waals surface area contributed by atoms with Crippen molar-refractivity contribution in [1.29, 1.82) is 0 Å². The number of carbonyl (C=O) groups is 1. The summed E-state index contributed by atoms with van der Waals surface area (Å²) in [6.07, 6.45) is 4.91. The van der Waals surface area contributed by atoms with Crippen molar-refractivity contribution in [3.8, 4) is 0 Å². The van der Waals surface area contributed by atoms with E-state index in [0.717, 1.165) is 26.8 Å². The number of thioether (sulfide) groups is 1. The van der Waals surface area contributed by atoms with E-state index >= 15 is 0 Å². The number of hydrazone groups is 1. The highest BCUT2D eigenvalue weighted by molar-refractivity contribution is 7.98. The summed E-state index contributed by atoms with van der Waals surface area (Å²) < 4.78 is 0. The van der Waals surface area contributed by atoms with Gasteiger partial charge in [0.15, 0.2) is 0 Å². The highest BCUT2D eigenvalue weighted by atomic mass is 35.5. The summed E-state index contributed by atoms with van der Waals surface area (Å²) in [4.78, 5) is 17.2. The molecule has 0 aliphatic rings. The fourth-order valence-electron chi connectivity index (χ4n) is 2.13. The van der Waals surface area contributed by atoms with Gasteiger partial charge in [0.25, 0.3) is 5.91 Å². The topological polar surface area (TPSA) is 54.4 Å². The van der Waals surface area contributed by atoms with E-state index in [4.69, 9.17) is 11.6 Å². The van der Waals surface area contributed by atoms with E-state index in [9.17, 15) is 4.79 Å². The summed E-state index contributed by atoms with van der Waals surface area (Å²) >= 11 is 7.61. The number of benzene rings is 2. The minimum atomic E-state index is -0.248. The number of pyridine rings is 1. The molecule has 1 N–H and O–H groups in total. The Bertz CT molecular complexity index is 881. The monoisotopic (exact) mass is 381 g/mol. The molecule has 0 atom stereocenters. The van der Waals surface area contributed by atoms with Crippen molar-refractivity contribution in [2.75, 3.05) is 0 Å². The number of hydrogen-bond donors (Lipinski definition) is 1. The van der Waals surface area contributed by atoms with Crippen LogP contribution in [0.4, 0.5) is 0 Å². The average molecular weight is 382 g/mol. The van der Waals surface area contributed by atoms with Crippen molar-refractivity contribution in [2.45, 2.75) is 10.6 Å². The smallest absolute Gasteiger partial charge is 0.267 e. The molecular formula is C20H16ClN3OS. The van der Waals surface area contributed by atoms with Crippen LogP contribution >= 0.6 is 23.4 Å². The number of nitrogens with one attached hydrogen (secondary N) is 1. The molecule has 0 radical (unpaired) electrons.